The molecule has 0 bridgehead atoms. The molecule has 6 nitrogen and oxygen atoms in total. The fourth-order valence-corrected chi connectivity index (χ4v) is 2.24. The number of aryl methyl sites for hydroxylation is 1. The third kappa shape index (κ3) is 4.37. The molecule has 1 N–H and O–H groups in total. The molecule has 1 aromatic carbocycles. The van der Waals surface area contributed by atoms with Crippen LogP contribution in [0.1, 0.15) is 24.4 Å². The van der Waals surface area contributed by atoms with E-state index in [1.807, 2.05) is 31.2 Å². The average molecular weight is 351 g/mol. The zero-order chi connectivity index (χ0) is 18.0. The van der Waals surface area contributed by atoms with E-state index in [0.29, 0.717) is 17.5 Å². The lowest BCUT2D eigenvalue weighted by atomic mass is 10.1. The van der Waals surface area contributed by atoms with Crippen LogP contribution in [-0.2, 0) is 6.54 Å². The maximum Gasteiger partial charge on any atom is 0.408 e. The summed E-state index contributed by atoms with van der Waals surface area (Å²) in [5, 5.41) is 14.7. The van der Waals surface area contributed by atoms with Crippen molar-refractivity contribution in [1.82, 2.24) is 20.0 Å². The topological polar surface area (TPSA) is 68.8 Å². The SMILES string of the molecule is Cc1ccc(-c2nnc([C@@H](C)Nc3cnn(CC(F)(F)F)c3)o2)cc1. The predicted octanol–water partition coefficient (Wildman–Crippen LogP) is 3.98. The number of nitrogens with one attached hydrogen (secondary N) is 1. The molecule has 25 heavy (non-hydrogen) atoms. The second-order valence-electron chi connectivity index (χ2n) is 5.72. The second-order valence-corrected chi connectivity index (χ2v) is 5.72. The van der Waals surface area contributed by atoms with E-state index in [0.717, 1.165) is 15.8 Å². The number of hydrogen-bond donors (Lipinski definition) is 1. The molecule has 3 rings (SSSR count). The molecule has 2 aromatic heterocycles. The van der Waals surface area contributed by atoms with Gasteiger partial charge in [-0.05, 0) is 26.0 Å². The maximum atomic E-state index is 12.4. The molecule has 0 radical (unpaired) electrons. The summed E-state index contributed by atoms with van der Waals surface area (Å²) < 4.78 is 43.5. The highest BCUT2D eigenvalue weighted by molar-refractivity contribution is 5.53. The zero-order valence-electron chi connectivity index (χ0n) is 13.6. The Morgan fingerprint density at radius 3 is 2.60 bits per heavy atom. The largest absolute Gasteiger partial charge is 0.418 e. The first-order chi connectivity index (χ1) is 11.8. The van der Waals surface area contributed by atoms with Gasteiger partial charge in [0.25, 0.3) is 0 Å². The van der Waals surface area contributed by atoms with Crippen molar-refractivity contribution in [3.63, 3.8) is 0 Å². The molecule has 2 heterocycles. The molecule has 0 fully saturated rings. The summed E-state index contributed by atoms with van der Waals surface area (Å²) in [6.07, 6.45) is -1.72. The smallest absolute Gasteiger partial charge is 0.408 e. The lowest BCUT2D eigenvalue weighted by Crippen LogP contribution is -2.17. The fraction of sp³-hybridized carbons (Fsp3) is 0.312. The molecule has 0 saturated heterocycles. The van der Waals surface area contributed by atoms with Crippen molar-refractivity contribution in [1.29, 1.82) is 0 Å². The van der Waals surface area contributed by atoms with Gasteiger partial charge in [-0.25, -0.2) is 0 Å². The monoisotopic (exact) mass is 351 g/mol. The number of halogens is 3. The molecule has 0 aliphatic carbocycles. The third-order valence-corrected chi connectivity index (χ3v) is 3.47. The third-order valence-electron chi connectivity index (χ3n) is 3.47. The molecule has 9 heteroatoms. The van der Waals surface area contributed by atoms with Crippen LogP contribution in [0.15, 0.2) is 41.1 Å². The van der Waals surface area contributed by atoms with Gasteiger partial charge in [-0.1, -0.05) is 17.7 Å². The molecule has 132 valence electrons. The van der Waals surface area contributed by atoms with Crippen molar-refractivity contribution in [3.8, 4) is 11.5 Å². The summed E-state index contributed by atoms with van der Waals surface area (Å²) in [5.41, 5.74) is 2.36. The van der Waals surface area contributed by atoms with Crippen LogP contribution >= 0.6 is 0 Å². The summed E-state index contributed by atoms with van der Waals surface area (Å²) in [5.74, 6) is 0.718. The van der Waals surface area contributed by atoms with E-state index >= 15 is 0 Å². The van der Waals surface area contributed by atoms with E-state index in [9.17, 15) is 13.2 Å². The van der Waals surface area contributed by atoms with E-state index < -0.39 is 12.7 Å². The molecule has 0 spiro atoms. The van der Waals surface area contributed by atoms with Gasteiger partial charge in [0.15, 0.2) is 0 Å². The first kappa shape index (κ1) is 17.0. The minimum absolute atomic E-state index is 0.333. The highest BCUT2D eigenvalue weighted by Crippen LogP contribution is 2.24. The standard InChI is InChI=1S/C16H16F3N5O/c1-10-3-5-12(6-4-10)15-23-22-14(25-15)11(2)21-13-7-20-24(8-13)9-16(17,18)19/h3-8,11,21H,9H2,1-2H3/t11-/m1/s1. The summed E-state index contributed by atoms with van der Waals surface area (Å²) in [6.45, 7) is 2.61. The first-order valence-corrected chi connectivity index (χ1v) is 7.56. The van der Waals surface area contributed by atoms with E-state index in [2.05, 4.69) is 20.6 Å². The highest BCUT2D eigenvalue weighted by Gasteiger charge is 2.28. The Hall–Kier alpha value is -2.84. The van der Waals surface area contributed by atoms with Crippen molar-refractivity contribution in [2.24, 2.45) is 0 Å². The van der Waals surface area contributed by atoms with Crippen molar-refractivity contribution >= 4 is 5.69 Å². The lowest BCUT2D eigenvalue weighted by molar-refractivity contribution is -0.142. The minimum Gasteiger partial charge on any atom is -0.418 e. The number of rotatable bonds is 5. The Balaban J connectivity index is 1.68. The van der Waals surface area contributed by atoms with Gasteiger partial charge in [-0.3, -0.25) is 4.68 Å². The van der Waals surface area contributed by atoms with Crippen molar-refractivity contribution < 1.29 is 17.6 Å². The normalized spacial score (nSPS) is 13.0. The molecule has 0 unspecified atom stereocenters. The molecular formula is C16H16F3N5O. The number of nitrogens with zero attached hydrogens (tertiary/aromatic N) is 4. The van der Waals surface area contributed by atoms with Crippen LogP contribution in [0.5, 0.6) is 0 Å². The summed E-state index contributed by atoms with van der Waals surface area (Å²) in [6, 6.07) is 7.26. The van der Waals surface area contributed by atoms with Gasteiger partial charge in [-0.15, -0.1) is 10.2 Å². The second kappa shape index (κ2) is 6.58. The number of hydrogen-bond acceptors (Lipinski definition) is 5. The molecule has 1 atom stereocenters. The summed E-state index contributed by atoms with van der Waals surface area (Å²) >= 11 is 0. The lowest BCUT2D eigenvalue weighted by Gasteiger charge is -2.09. The van der Waals surface area contributed by atoms with Gasteiger partial charge in [0.05, 0.1) is 11.9 Å². The average Bonchev–Trinajstić information content (AvgIpc) is 3.16. The molecular weight excluding hydrogens is 335 g/mol. The van der Waals surface area contributed by atoms with E-state index in [1.165, 1.54) is 12.4 Å². The first-order valence-electron chi connectivity index (χ1n) is 7.56. The van der Waals surface area contributed by atoms with E-state index in [-0.39, 0.29) is 6.04 Å². The maximum absolute atomic E-state index is 12.4. The van der Waals surface area contributed by atoms with Crippen molar-refractivity contribution in [2.75, 3.05) is 5.32 Å². The molecule has 0 amide bonds. The van der Waals surface area contributed by atoms with E-state index in [4.69, 9.17) is 4.42 Å². The van der Waals surface area contributed by atoms with Crippen LogP contribution in [-0.4, -0.2) is 26.2 Å². The van der Waals surface area contributed by atoms with Crippen LogP contribution in [0.3, 0.4) is 0 Å². The quantitative estimate of drug-likeness (QED) is 0.753. The minimum atomic E-state index is -4.32. The van der Waals surface area contributed by atoms with Gasteiger partial charge in [0.2, 0.25) is 11.8 Å². The molecule has 3 aromatic rings. The highest BCUT2D eigenvalue weighted by atomic mass is 19.4. The number of aromatic nitrogens is 4. The Morgan fingerprint density at radius 2 is 1.92 bits per heavy atom. The van der Waals surface area contributed by atoms with Gasteiger partial charge in [0.1, 0.15) is 12.6 Å². The van der Waals surface area contributed by atoms with Crippen LogP contribution < -0.4 is 5.32 Å². The van der Waals surface area contributed by atoms with E-state index in [1.54, 1.807) is 6.92 Å². The number of alkyl halides is 3. The van der Waals surface area contributed by atoms with Gasteiger partial charge >= 0.3 is 6.18 Å². The van der Waals surface area contributed by atoms with Crippen LogP contribution in [0.2, 0.25) is 0 Å². The van der Waals surface area contributed by atoms with Gasteiger partial charge in [0, 0.05) is 11.8 Å². The van der Waals surface area contributed by atoms with Crippen LogP contribution in [0.25, 0.3) is 11.5 Å². The molecule has 0 aliphatic rings. The summed E-state index contributed by atoms with van der Waals surface area (Å²) in [7, 11) is 0. The van der Waals surface area contributed by atoms with Crippen molar-refractivity contribution in [3.05, 3.63) is 48.1 Å². The molecule has 0 aliphatic heterocycles. The number of benzene rings is 1. The van der Waals surface area contributed by atoms with Crippen molar-refractivity contribution in [2.45, 2.75) is 32.6 Å². The van der Waals surface area contributed by atoms with Gasteiger partial charge in [-0.2, -0.15) is 18.3 Å². The van der Waals surface area contributed by atoms with Crippen LogP contribution in [0.4, 0.5) is 18.9 Å². The fourth-order valence-electron chi connectivity index (χ4n) is 2.24. The predicted molar refractivity (Wildman–Crippen MR) is 84.8 cm³/mol. The Bertz CT molecular complexity index is 838. The Kier molecular flexibility index (Phi) is 4.47. The van der Waals surface area contributed by atoms with Crippen LogP contribution in [0, 0.1) is 6.92 Å². The van der Waals surface area contributed by atoms with Gasteiger partial charge < -0.3 is 9.73 Å². The molecule has 0 saturated carbocycles. The number of anilines is 1. The zero-order valence-corrected chi connectivity index (χ0v) is 13.6. The Labute approximate surface area is 141 Å². The Morgan fingerprint density at radius 1 is 1.20 bits per heavy atom. The summed E-state index contributed by atoms with van der Waals surface area (Å²) in [4.78, 5) is 0.